The molecule has 0 spiro atoms. The lowest BCUT2D eigenvalue weighted by atomic mass is 10.1. The van der Waals surface area contributed by atoms with Crippen LogP contribution in [0, 0.1) is 0 Å². The first-order valence-corrected chi connectivity index (χ1v) is 9.12. The molecular formula is C17H19ClN2OS. The van der Waals surface area contributed by atoms with Gasteiger partial charge in [0.1, 0.15) is 5.82 Å². The van der Waals surface area contributed by atoms with Crippen molar-refractivity contribution in [3.8, 4) is 0 Å². The van der Waals surface area contributed by atoms with Crippen molar-refractivity contribution in [2.45, 2.75) is 19.9 Å². The number of Topliss-reactive ketones (excluding diaryl/α,β-unsaturated/α-hetero) is 1. The van der Waals surface area contributed by atoms with Gasteiger partial charge in [0.25, 0.3) is 0 Å². The summed E-state index contributed by atoms with van der Waals surface area (Å²) in [5.41, 5.74) is 1.87. The second-order valence-corrected chi connectivity index (χ2v) is 7.02. The molecule has 2 rings (SSSR count). The molecule has 116 valence electrons. The number of aromatic nitrogens is 1. The number of benzene rings is 1. The predicted molar refractivity (Wildman–Crippen MR) is 97.1 cm³/mol. The van der Waals surface area contributed by atoms with Crippen LogP contribution in [0.1, 0.15) is 29.3 Å². The summed E-state index contributed by atoms with van der Waals surface area (Å²) in [6.45, 7) is 2.56. The molecule has 0 aliphatic heterocycles. The monoisotopic (exact) mass is 334 g/mol. The Morgan fingerprint density at radius 3 is 2.45 bits per heavy atom. The summed E-state index contributed by atoms with van der Waals surface area (Å²) in [6.07, 6.45) is 4.21. The Labute approximate surface area is 139 Å². The smallest absolute Gasteiger partial charge is 0.162 e. The van der Waals surface area contributed by atoms with Crippen molar-refractivity contribution in [3.63, 3.8) is 0 Å². The SMILES string of the molecule is C=S(C)N(Cc1ccc(C(=O)CC)cc1)c1ccc(Cl)cn1. The highest BCUT2D eigenvalue weighted by Gasteiger charge is 2.10. The van der Waals surface area contributed by atoms with Gasteiger partial charge in [-0.3, -0.25) is 4.79 Å². The molecule has 1 unspecified atom stereocenters. The minimum Gasteiger partial charge on any atom is -0.303 e. The third kappa shape index (κ3) is 4.18. The van der Waals surface area contributed by atoms with E-state index in [4.69, 9.17) is 11.6 Å². The molecular weight excluding hydrogens is 316 g/mol. The maximum Gasteiger partial charge on any atom is 0.162 e. The average Bonchev–Trinajstić information content (AvgIpc) is 2.53. The van der Waals surface area contributed by atoms with Gasteiger partial charge in [-0.1, -0.05) is 48.7 Å². The van der Waals surface area contributed by atoms with E-state index in [9.17, 15) is 4.79 Å². The number of pyridine rings is 1. The molecule has 0 fully saturated rings. The highest BCUT2D eigenvalue weighted by molar-refractivity contribution is 8.14. The van der Waals surface area contributed by atoms with E-state index in [0.717, 1.165) is 16.9 Å². The van der Waals surface area contributed by atoms with Crippen molar-refractivity contribution in [1.82, 2.24) is 4.98 Å². The van der Waals surface area contributed by atoms with E-state index < -0.39 is 0 Å². The van der Waals surface area contributed by atoms with Crippen molar-refractivity contribution < 1.29 is 4.79 Å². The van der Waals surface area contributed by atoms with Gasteiger partial charge in [0.05, 0.1) is 11.6 Å². The summed E-state index contributed by atoms with van der Waals surface area (Å²) < 4.78 is 2.12. The van der Waals surface area contributed by atoms with Crippen LogP contribution in [0.4, 0.5) is 5.82 Å². The number of rotatable bonds is 6. The van der Waals surface area contributed by atoms with Gasteiger partial charge in [0, 0.05) is 18.2 Å². The van der Waals surface area contributed by atoms with E-state index in [2.05, 4.69) is 15.2 Å². The van der Waals surface area contributed by atoms with Crippen LogP contribution in [0.5, 0.6) is 0 Å². The van der Waals surface area contributed by atoms with Gasteiger partial charge in [0.2, 0.25) is 0 Å². The fraction of sp³-hybridized carbons (Fsp3) is 0.235. The lowest BCUT2D eigenvalue weighted by Crippen LogP contribution is -2.16. The number of halogens is 1. The van der Waals surface area contributed by atoms with Crippen LogP contribution in [-0.2, 0) is 6.54 Å². The standard InChI is InChI=1S/C17H19ClN2OS/c1-4-16(21)14-7-5-13(6-8-14)12-20(22(2)3)17-10-9-15(18)11-19-17/h5-11H,2,4,12H2,1,3H3. The Morgan fingerprint density at radius 1 is 1.27 bits per heavy atom. The Morgan fingerprint density at radius 2 is 1.95 bits per heavy atom. The van der Waals surface area contributed by atoms with E-state index in [1.807, 2.05) is 49.6 Å². The third-order valence-electron chi connectivity index (χ3n) is 3.27. The summed E-state index contributed by atoms with van der Waals surface area (Å²) in [5.74, 6) is 5.13. The van der Waals surface area contributed by atoms with Gasteiger partial charge < -0.3 is 4.31 Å². The Kier molecular flexibility index (Phi) is 5.75. The fourth-order valence-electron chi connectivity index (χ4n) is 2.03. The molecule has 0 aliphatic rings. The zero-order valence-corrected chi connectivity index (χ0v) is 14.3. The molecule has 0 N–H and O–H groups in total. The lowest BCUT2D eigenvalue weighted by Gasteiger charge is -2.24. The molecule has 0 bridgehead atoms. The second kappa shape index (κ2) is 7.56. The van der Waals surface area contributed by atoms with Crippen LogP contribution in [0.15, 0.2) is 42.6 Å². The van der Waals surface area contributed by atoms with Crippen molar-refractivity contribution in [2.24, 2.45) is 0 Å². The molecule has 22 heavy (non-hydrogen) atoms. The Balaban J connectivity index is 2.19. The van der Waals surface area contributed by atoms with Gasteiger partial charge in [-0.25, -0.2) is 4.98 Å². The number of ketones is 1. The van der Waals surface area contributed by atoms with Gasteiger partial charge in [-0.15, -0.1) is 10.7 Å². The van der Waals surface area contributed by atoms with Crippen molar-refractivity contribution >= 4 is 39.7 Å². The number of hydrogen-bond donors (Lipinski definition) is 0. The molecule has 3 nitrogen and oxygen atoms in total. The van der Waals surface area contributed by atoms with E-state index in [0.29, 0.717) is 18.0 Å². The Bertz CT molecular complexity index is 668. The largest absolute Gasteiger partial charge is 0.303 e. The average molecular weight is 335 g/mol. The predicted octanol–water partition coefficient (Wildman–Crippen LogP) is 4.58. The molecule has 1 aromatic heterocycles. The van der Waals surface area contributed by atoms with E-state index in [1.165, 1.54) is 0 Å². The molecule has 1 heterocycles. The zero-order chi connectivity index (χ0) is 16.1. The van der Waals surface area contributed by atoms with Crippen LogP contribution < -0.4 is 4.31 Å². The molecule has 5 heteroatoms. The number of nitrogens with zero attached hydrogens (tertiary/aromatic N) is 2. The van der Waals surface area contributed by atoms with E-state index in [-0.39, 0.29) is 16.5 Å². The minimum atomic E-state index is -0.216. The summed E-state index contributed by atoms with van der Waals surface area (Å²) in [4.78, 5) is 16.0. The first kappa shape index (κ1) is 16.7. The van der Waals surface area contributed by atoms with Crippen LogP contribution in [0.2, 0.25) is 5.02 Å². The molecule has 1 atom stereocenters. The first-order chi connectivity index (χ1) is 10.5. The topological polar surface area (TPSA) is 33.2 Å². The summed E-state index contributed by atoms with van der Waals surface area (Å²) in [6, 6.07) is 11.5. The lowest BCUT2D eigenvalue weighted by molar-refractivity contribution is 0.0988. The highest BCUT2D eigenvalue weighted by atomic mass is 35.5. The fourth-order valence-corrected chi connectivity index (χ4v) is 2.94. The number of anilines is 1. The van der Waals surface area contributed by atoms with Gasteiger partial charge >= 0.3 is 0 Å². The van der Waals surface area contributed by atoms with Crippen molar-refractivity contribution in [3.05, 3.63) is 58.7 Å². The Hall–Kier alpha value is -1.65. The summed E-state index contributed by atoms with van der Waals surface area (Å²) in [7, 11) is -0.216. The highest BCUT2D eigenvalue weighted by Crippen LogP contribution is 2.26. The van der Waals surface area contributed by atoms with E-state index >= 15 is 0 Å². The number of hydrogen-bond acceptors (Lipinski definition) is 3. The first-order valence-electron chi connectivity index (χ1n) is 6.98. The molecule has 0 saturated heterocycles. The summed E-state index contributed by atoms with van der Waals surface area (Å²) >= 11 is 5.89. The number of carbonyl (C=O) groups excluding carboxylic acids is 1. The number of carbonyl (C=O) groups is 1. The van der Waals surface area contributed by atoms with Gasteiger partial charge in [0.15, 0.2) is 5.78 Å². The van der Waals surface area contributed by atoms with Crippen LogP contribution in [0.25, 0.3) is 0 Å². The zero-order valence-electron chi connectivity index (χ0n) is 12.8. The van der Waals surface area contributed by atoms with Crippen molar-refractivity contribution in [1.29, 1.82) is 0 Å². The van der Waals surface area contributed by atoms with Crippen LogP contribution >= 0.6 is 22.3 Å². The molecule has 1 aromatic carbocycles. The second-order valence-electron chi connectivity index (χ2n) is 4.95. The van der Waals surface area contributed by atoms with Crippen molar-refractivity contribution in [2.75, 3.05) is 10.6 Å². The minimum absolute atomic E-state index is 0.162. The third-order valence-corrected chi connectivity index (χ3v) is 4.56. The van der Waals surface area contributed by atoms with E-state index in [1.54, 1.807) is 6.20 Å². The molecule has 0 saturated carbocycles. The normalized spacial score (nSPS) is 12.0. The molecule has 0 amide bonds. The quantitative estimate of drug-likeness (QED) is 0.572. The van der Waals surface area contributed by atoms with Crippen LogP contribution in [0.3, 0.4) is 0 Å². The summed E-state index contributed by atoms with van der Waals surface area (Å²) in [5, 5.41) is 0.617. The molecule has 0 radical (unpaired) electrons. The maximum atomic E-state index is 11.7. The maximum absolute atomic E-state index is 11.7. The molecule has 2 aromatic rings. The van der Waals surface area contributed by atoms with Crippen LogP contribution in [-0.4, -0.2) is 22.9 Å². The van der Waals surface area contributed by atoms with Gasteiger partial charge in [-0.05, 0) is 24.0 Å². The van der Waals surface area contributed by atoms with Gasteiger partial charge in [-0.2, -0.15) is 0 Å². The molecule has 0 aliphatic carbocycles.